The number of benzene rings is 2. The Balaban J connectivity index is 1.46. The molecule has 0 radical (unpaired) electrons. The van der Waals surface area contributed by atoms with Crippen molar-refractivity contribution in [1.82, 2.24) is 10.2 Å². The van der Waals surface area contributed by atoms with Crippen molar-refractivity contribution in [3.63, 3.8) is 0 Å². The van der Waals surface area contributed by atoms with E-state index in [-0.39, 0.29) is 24.5 Å². The molecule has 5 heteroatoms. The molecule has 5 nitrogen and oxygen atoms in total. The summed E-state index contributed by atoms with van der Waals surface area (Å²) in [6.45, 7) is 5.63. The second-order valence-electron chi connectivity index (χ2n) is 7.63. The average molecular weight is 395 g/mol. The first kappa shape index (κ1) is 20.9. The zero-order chi connectivity index (χ0) is 20.6. The van der Waals surface area contributed by atoms with Gasteiger partial charge < -0.3 is 15.0 Å². The van der Waals surface area contributed by atoms with Crippen molar-refractivity contribution in [2.45, 2.75) is 45.1 Å². The maximum absolute atomic E-state index is 12.6. The highest BCUT2D eigenvalue weighted by Gasteiger charge is 2.24. The smallest absolute Gasteiger partial charge is 0.260 e. The number of carbonyl (C=O) groups excluding carboxylic acids is 2. The summed E-state index contributed by atoms with van der Waals surface area (Å²) in [5, 5.41) is 3.07. The molecule has 1 aliphatic heterocycles. The minimum absolute atomic E-state index is 0.00297. The van der Waals surface area contributed by atoms with Crippen LogP contribution < -0.4 is 10.1 Å². The first-order valence-corrected chi connectivity index (χ1v) is 10.4. The van der Waals surface area contributed by atoms with E-state index in [0.29, 0.717) is 24.6 Å². The van der Waals surface area contributed by atoms with Gasteiger partial charge in [-0.3, -0.25) is 9.59 Å². The third-order valence-corrected chi connectivity index (χ3v) is 5.63. The molecule has 29 heavy (non-hydrogen) atoms. The van der Waals surface area contributed by atoms with Crippen LogP contribution in [0, 0.1) is 0 Å². The van der Waals surface area contributed by atoms with Gasteiger partial charge in [0, 0.05) is 24.7 Å². The number of carbonyl (C=O) groups is 2. The standard InChI is InChI=1S/C24H30N2O3/c1-3-18(2)21-11-7-8-12-22(21)29-17-23(27)26-15-13-20(14-16-26)25-24(28)19-9-5-4-6-10-19/h4-12,18,20H,3,13-17H2,1-2H3,(H,25,28). The summed E-state index contributed by atoms with van der Waals surface area (Å²) in [7, 11) is 0. The van der Waals surface area contributed by atoms with Gasteiger partial charge in [-0.05, 0) is 48.9 Å². The van der Waals surface area contributed by atoms with Crippen molar-refractivity contribution >= 4 is 11.8 Å². The van der Waals surface area contributed by atoms with Crippen molar-refractivity contribution in [2.75, 3.05) is 19.7 Å². The molecule has 1 heterocycles. The first-order chi connectivity index (χ1) is 14.1. The van der Waals surface area contributed by atoms with Crippen molar-refractivity contribution < 1.29 is 14.3 Å². The number of hydrogen-bond acceptors (Lipinski definition) is 3. The quantitative estimate of drug-likeness (QED) is 0.772. The fraction of sp³-hybridized carbons (Fsp3) is 0.417. The molecule has 1 atom stereocenters. The van der Waals surface area contributed by atoms with E-state index in [1.807, 2.05) is 53.4 Å². The van der Waals surface area contributed by atoms with Gasteiger partial charge in [0.15, 0.2) is 6.61 Å². The lowest BCUT2D eigenvalue weighted by atomic mass is 9.98. The Bertz CT molecular complexity index is 814. The van der Waals surface area contributed by atoms with Crippen LogP contribution in [0.3, 0.4) is 0 Å². The topological polar surface area (TPSA) is 58.6 Å². The number of nitrogens with one attached hydrogen (secondary N) is 1. The number of nitrogens with zero attached hydrogens (tertiary/aromatic N) is 1. The van der Waals surface area contributed by atoms with Crippen molar-refractivity contribution in [3.05, 3.63) is 65.7 Å². The molecule has 1 saturated heterocycles. The predicted octanol–water partition coefficient (Wildman–Crippen LogP) is 4.00. The van der Waals surface area contributed by atoms with Crippen LogP contribution in [0.25, 0.3) is 0 Å². The van der Waals surface area contributed by atoms with Crippen LogP contribution in [0.4, 0.5) is 0 Å². The van der Waals surface area contributed by atoms with E-state index in [2.05, 4.69) is 25.2 Å². The molecule has 154 valence electrons. The SMILES string of the molecule is CCC(C)c1ccccc1OCC(=O)N1CCC(NC(=O)c2ccccc2)CC1. The molecule has 0 saturated carbocycles. The second kappa shape index (κ2) is 10.1. The molecule has 1 unspecified atom stereocenters. The maximum Gasteiger partial charge on any atom is 0.260 e. The van der Waals surface area contributed by atoms with Gasteiger partial charge in [-0.25, -0.2) is 0 Å². The summed E-state index contributed by atoms with van der Waals surface area (Å²) in [4.78, 5) is 26.7. The summed E-state index contributed by atoms with van der Waals surface area (Å²) < 4.78 is 5.86. The molecule has 3 rings (SSSR count). The van der Waals surface area contributed by atoms with E-state index in [9.17, 15) is 9.59 Å². The van der Waals surface area contributed by atoms with Gasteiger partial charge in [-0.15, -0.1) is 0 Å². The van der Waals surface area contributed by atoms with Crippen LogP contribution >= 0.6 is 0 Å². The van der Waals surface area contributed by atoms with E-state index in [1.165, 1.54) is 0 Å². The normalized spacial score (nSPS) is 15.6. The fourth-order valence-electron chi connectivity index (χ4n) is 3.60. The molecule has 1 aliphatic rings. The lowest BCUT2D eigenvalue weighted by molar-refractivity contribution is -0.134. The lowest BCUT2D eigenvalue weighted by Gasteiger charge is -2.32. The zero-order valence-electron chi connectivity index (χ0n) is 17.3. The Morgan fingerprint density at radius 2 is 1.72 bits per heavy atom. The number of ether oxygens (including phenoxy) is 1. The Hall–Kier alpha value is -2.82. The number of likely N-dealkylation sites (tertiary alicyclic amines) is 1. The van der Waals surface area contributed by atoms with Gasteiger partial charge in [0.05, 0.1) is 0 Å². The van der Waals surface area contributed by atoms with Gasteiger partial charge >= 0.3 is 0 Å². The van der Waals surface area contributed by atoms with Gasteiger partial charge in [-0.1, -0.05) is 50.2 Å². The highest BCUT2D eigenvalue weighted by atomic mass is 16.5. The highest BCUT2D eigenvalue weighted by molar-refractivity contribution is 5.94. The Morgan fingerprint density at radius 1 is 1.07 bits per heavy atom. The number of amides is 2. The summed E-state index contributed by atoms with van der Waals surface area (Å²) in [6, 6.07) is 17.3. The molecule has 2 amide bonds. The Morgan fingerprint density at radius 3 is 2.41 bits per heavy atom. The summed E-state index contributed by atoms with van der Waals surface area (Å²) in [6.07, 6.45) is 2.54. The highest BCUT2D eigenvalue weighted by Crippen LogP contribution is 2.28. The summed E-state index contributed by atoms with van der Waals surface area (Å²) in [5.41, 5.74) is 1.81. The number of para-hydroxylation sites is 1. The molecule has 1 fully saturated rings. The van der Waals surface area contributed by atoms with Gasteiger partial charge in [0.1, 0.15) is 5.75 Å². The van der Waals surface area contributed by atoms with Crippen LogP contribution in [0.15, 0.2) is 54.6 Å². The second-order valence-corrected chi connectivity index (χ2v) is 7.63. The Kier molecular flexibility index (Phi) is 7.28. The van der Waals surface area contributed by atoms with E-state index < -0.39 is 0 Å². The van der Waals surface area contributed by atoms with E-state index in [0.717, 1.165) is 30.6 Å². The van der Waals surface area contributed by atoms with Crippen LogP contribution in [0.2, 0.25) is 0 Å². The van der Waals surface area contributed by atoms with E-state index in [1.54, 1.807) is 0 Å². The minimum Gasteiger partial charge on any atom is -0.483 e. The third-order valence-electron chi connectivity index (χ3n) is 5.63. The molecule has 0 aromatic heterocycles. The van der Waals surface area contributed by atoms with Gasteiger partial charge in [0.25, 0.3) is 11.8 Å². The number of rotatable bonds is 7. The van der Waals surface area contributed by atoms with Crippen LogP contribution in [-0.2, 0) is 4.79 Å². The molecule has 0 aliphatic carbocycles. The van der Waals surface area contributed by atoms with Gasteiger partial charge in [0.2, 0.25) is 0 Å². The molecule has 0 bridgehead atoms. The molecule has 2 aromatic carbocycles. The maximum atomic E-state index is 12.6. The molecular formula is C24H30N2O3. The van der Waals surface area contributed by atoms with Crippen LogP contribution in [0.1, 0.15) is 54.9 Å². The molecule has 2 aromatic rings. The fourth-order valence-corrected chi connectivity index (χ4v) is 3.60. The van der Waals surface area contributed by atoms with Crippen molar-refractivity contribution in [2.24, 2.45) is 0 Å². The molecule has 0 spiro atoms. The average Bonchev–Trinajstić information content (AvgIpc) is 2.78. The number of hydrogen-bond donors (Lipinski definition) is 1. The van der Waals surface area contributed by atoms with Crippen LogP contribution in [0.5, 0.6) is 5.75 Å². The molecular weight excluding hydrogens is 364 g/mol. The van der Waals surface area contributed by atoms with Gasteiger partial charge in [-0.2, -0.15) is 0 Å². The van der Waals surface area contributed by atoms with Crippen molar-refractivity contribution in [3.8, 4) is 5.75 Å². The molecule has 1 N–H and O–H groups in total. The zero-order valence-corrected chi connectivity index (χ0v) is 17.3. The number of piperidine rings is 1. The predicted molar refractivity (Wildman–Crippen MR) is 114 cm³/mol. The van der Waals surface area contributed by atoms with Crippen LogP contribution in [-0.4, -0.2) is 42.5 Å². The van der Waals surface area contributed by atoms with Crippen molar-refractivity contribution in [1.29, 1.82) is 0 Å². The van der Waals surface area contributed by atoms with E-state index in [4.69, 9.17) is 4.74 Å². The largest absolute Gasteiger partial charge is 0.483 e. The third kappa shape index (κ3) is 5.59. The summed E-state index contributed by atoms with van der Waals surface area (Å²) >= 11 is 0. The monoisotopic (exact) mass is 394 g/mol. The lowest BCUT2D eigenvalue weighted by Crippen LogP contribution is -2.47. The summed E-state index contributed by atoms with van der Waals surface area (Å²) in [5.74, 6) is 1.13. The first-order valence-electron chi connectivity index (χ1n) is 10.4. The van der Waals surface area contributed by atoms with E-state index >= 15 is 0 Å². The minimum atomic E-state index is -0.0552. The Labute approximate surface area is 173 Å².